The zero-order valence-corrected chi connectivity index (χ0v) is 16.3. The molecule has 0 saturated heterocycles. The normalized spacial score (nSPS) is 10.4. The first-order valence-corrected chi connectivity index (χ1v) is 9.00. The molecular weight excluding hydrogens is 441 g/mol. The molecule has 0 radical (unpaired) electrons. The summed E-state index contributed by atoms with van der Waals surface area (Å²) < 4.78 is 6.29. The highest BCUT2D eigenvalue weighted by atomic mass is 79.9. The van der Waals surface area contributed by atoms with E-state index in [-0.39, 0.29) is 16.3 Å². The highest BCUT2D eigenvalue weighted by molar-refractivity contribution is 9.10. The van der Waals surface area contributed by atoms with Gasteiger partial charge in [0.15, 0.2) is 0 Å². The molecule has 1 amide bonds. The van der Waals surface area contributed by atoms with Crippen molar-refractivity contribution in [3.05, 3.63) is 80.7 Å². The number of phenols is 1. The molecule has 0 bridgehead atoms. The van der Waals surface area contributed by atoms with Crippen molar-refractivity contribution in [2.24, 2.45) is 0 Å². The van der Waals surface area contributed by atoms with Gasteiger partial charge in [0.2, 0.25) is 0 Å². The Morgan fingerprint density at radius 3 is 2.15 bits per heavy atom. The number of benzene rings is 3. The monoisotopic (exact) mass is 451 g/mol. The lowest BCUT2D eigenvalue weighted by Crippen LogP contribution is -2.12. The highest BCUT2D eigenvalue weighted by Crippen LogP contribution is 2.32. The van der Waals surface area contributed by atoms with E-state index in [0.717, 1.165) is 0 Å². The molecule has 2 N–H and O–H groups in total. The van der Waals surface area contributed by atoms with Crippen molar-refractivity contribution >= 4 is 50.7 Å². The molecule has 3 rings (SSSR count). The number of hydrogen-bond acceptors (Lipinski definition) is 3. The van der Waals surface area contributed by atoms with E-state index in [9.17, 15) is 9.90 Å². The summed E-state index contributed by atoms with van der Waals surface area (Å²) in [4.78, 5) is 12.4. The molecule has 0 heterocycles. The quantitative estimate of drug-likeness (QED) is 0.474. The summed E-state index contributed by atoms with van der Waals surface area (Å²) in [6.45, 7) is 0. The summed E-state index contributed by atoms with van der Waals surface area (Å²) in [7, 11) is 0. The third-order valence-corrected chi connectivity index (χ3v) is 4.43. The van der Waals surface area contributed by atoms with Crippen molar-refractivity contribution in [1.82, 2.24) is 0 Å². The van der Waals surface area contributed by atoms with Gasteiger partial charge in [-0.2, -0.15) is 0 Å². The Bertz CT molecular complexity index is 944. The maximum atomic E-state index is 12.4. The van der Waals surface area contributed by atoms with Crippen LogP contribution in [0, 0.1) is 0 Å². The summed E-state index contributed by atoms with van der Waals surface area (Å²) in [5.41, 5.74) is 0.625. The van der Waals surface area contributed by atoms with Gasteiger partial charge in [-0.25, -0.2) is 0 Å². The Morgan fingerprint density at radius 1 is 0.962 bits per heavy atom. The molecule has 0 aliphatic heterocycles. The molecule has 0 spiro atoms. The standard InChI is InChI=1S/C19H12BrCl2NO3/c20-11-9-16(18(24)17(22)10-11)19(25)23-13-3-7-15(8-4-13)26-14-5-1-12(21)2-6-14/h1-10,24H,(H,23,25). The van der Waals surface area contributed by atoms with Crippen LogP contribution in [-0.2, 0) is 0 Å². The van der Waals surface area contributed by atoms with E-state index in [1.54, 1.807) is 48.5 Å². The van der Waals surface area contributed by atoms with Crippen LogP contribution in [-0.4, -0.2) is 11.0 Å². The zero-order chi connectivity index (χ0) is 18.7. The van der Waals surface area contributed by atoms with E-state index in [1.165, 1.54) is 12.1 Å². The predicted molar refractivity (Wildman–Crippen MR) is 107 cm³/mol. The Hall–Kier alpha value is -2.21. The van der Waals surface area contributed by atoms with Crippen LogP contribution in [0.2, 0.25) is 10.0 Å². The summed E-state index contributed by atoms with van der Waals surface area (Å²) in [6, 6.07) is 16.8. The lowest BCUT2D eigenvalue weighted by molar-refractivity contribution is 0.102. The van der Waals surface area contributed by atoms with Gasteiger partial charge < -0.3 is 15.2 Å². The van der Waals surface area contributed by atoms with Crippen molar-refractivity contribution in [2.45, 2.75) is 0 Å². The number of nitrogens with one attached hydrogen (secondary N) is 1. The SMILES string of the molecule is O=C(Nc1ccc(Oc2ccc(Cl)cc2)cc1)c1cc(Br)cc(Cl)c1O. The Balaban J connectivity index is 1.71. The van der Waals surface area contributed by atoms with Gasteiger partial charge >= 0.3 is 0 Å². The maximum Gasteiger partial charge on any atom is 0.259 e. The van der Waals surface area contributed by atoms with Gasteiger partial charge in [-0.15, -0.1) is 0 Å². The minimum absolute atomic E-state index is 0.0749. The number of anilines is 1. The second-order valence-electron chi connectivity index (χ2n) is 5.32. The van der Waals surface area contributed by atoms with Crippen LogP contribution in [0.1, 0.15) is 10.4 Å². The Kier molecular flexibility index (Phi) is 5.71. The number of phenolic OH excluding ortho intramolecular Hbond substituents is 1. The van der Waals surface area contributed by atoms with E-state index in [0.29, 0.717) is 26.7 Å². The van der Waals surface area contributed by atoms with Crippen molar-refractivity contribution < 1.29 is 14.6 Å². The third-order valence-electron chi connectivity index (χ3n) is 3.43. The molecule has 3 aromatic carbocycles. The van der Waals surface area contributed by atoms with Crippen molar-refractivity contribution in [2.75, 3.05) is 5.32 Å². The van der Waals surface area contributed by atoms with Gasteiger partial charge in [0.05, 0.1) is 10.6 Å². The van der Waals surface area contributed by atoms with Crippen LogP contribution < -0.4 is 10.1 Å². The van der Waals surface area contributed by atoms with E-state index in [2.05, 4.69) is 21.2 Å². The molecule has 7 heteroatoms. The summed E-state index contributed by atoms with van der Waals surface area (Å²) >= 11 is 15.0. The van der Waals surface area contributed by atoms with E-state index in [1.807, 2.05) is 0 Å². The second kappa shape index (κ2) is 7.99. The molecule has 132 valence electrons. The molecule has 0 fully saturated rings. The largest absolute Gasteiger partial charge is 0.506 e. The molecule has 0 aromatic heterocycles. The lowest BCUT2D eigenvalue weighted by Gasteiger charge is -2.10. The number of rotatable bonds is 4. The number of carbonyl (C=O) groups excluding carboxylic acids is 1. The van der Waals surface area contributed by atoms with Gasteiger partial charge in [-0.1, -0.05) is 39.1 Å². The van der Waals surface area contributed by atoms with Gasteiger partial charge in [0.1, 0.15) is 17.2 Å². The fraction of sp³-hybridized carbons (Fsp3) is 0. The first kappa shape index (κ1) is 18.6. The van der Waals surface area contributed by atoms with Crippen LogP contribution >= 0.6 is 39.1 Å². The molecule has 4 nitrogen and oxygen atoms in total. The van der Waals surface area contributed by atoms with Crippen molar-refractivity contribution in [3.63, 3.8) is 0 Å². The van der Waals surface area contributed by atoms with Gasteiger partial charge in [0.25, 0.3) is 5.91 Å². The fourth-order valence-electron chi connectivity index (χ4n) is 2.18. The van der Waals surface area contributed by atoms with E-state index >= 15 is 0 Å². The van der Waals surface area contributed by atoms with Crippen LogP contribution in [0.15, 0.2) is 65.1 Å². The van der Waals surface area contributed by atoms with Gasteiger partial charge in [-0.05, 0) is 60.7 Å². The molecule has 26 heavy (non-hydrogen) atoms. The van der Waals surface area contributed by atoms with Crippen LogP contribution in [0.3, 0.4) is 0 Å². The summed E-state index contributed by atoms with van der Waals surface area (Å²) in [5.74, 6) is 0.519. The average molecular weight is 453 g/mol. The fourth-order valence-corrected chi connectivity index (χ4v) is 3.12. The molecule has 0 aliphatic carbocycles. The average Bonchev–Trinajstić information content (AvgIpc) is 2.61. The molecular formula is C19H12BrCl2NO3. The minimum Gasteiger partial charge on any atom is -0.506 e. The van der Waals surface area contributed by atoms with Crippen LogP contribution in [0.5, 0.6) is 17.2 Å². The number of aromatic hydroxyl groups is 1. The van der Waals surface area contributed by atoms with E-state index in [4.69, 9.17) is 27.9 Å². The molecule has 0 saturated carbocycles. The smallest absolute Gasteiger partial charge is 0.259 e. The topological polar surface area (TPSA) is 58.6 Å². The van der Waals surface area contributed by atoms with Crippen molar-refractivity contribution in [3.8, 4) is 17.2 Å². The number of halogens is 3. The van der Waals surface area contributed by atoms with Crippen LogP contribution in [0.25, 0.3) is 0 Å². The number of amides is 1. The summed E-state index contributed by atoms with van der Waals surface area (Å²) in [6.07, 6.45) is 0. The Morgan fingerprint density at radius 2 is 1.54 bits per heavy atom. The third kappa shape index (κ3) is 4.49. The van der Waals surface area contributed by atoms with Gasteiger partial charge in [0, 0.05) is 15.2 Å². The number of ether oxygens (including phenoxy) is 1. The maximum absolute atomic E-state index is 12.4. The first-order chi connectivity index (χ1) is 12.4. The molecule has 0 aliphatic rings. The predicted octanol–water partition coefficient (Wildman–Crippen LogP) is 6.51. The molecule has 0 unspecified atom stereocenters. The number of hydrogen-bond donors (Lipinski definition) is 2. The van der Waals surface area contributed by atoms with Crippen molar-refractivity contribution in [1.29, 1.82) is 0 Å². The highest BCUT2D eigenvalue weighted by Gasteiger charge is 2.15. The van der Waals surface area contributed by atoms with E-state index < -0.39 is 5.91 Å². The zero-order valence-electron chi connectivity index (χ0n) is 13.2. The van der Waals surface area contributed by atoms with Gasteiger partial charge in [-0.3, -0.25) is 4.79 Å². The molecule has 3 aromatic rings. The minimum atomic E-state index is -0.475. The lowest BCUT2D eigenvalue weighted by atomic mass is 10.2. The molecule has 0 atom stereocenters. The Labute approximate surface area is 168 Å². The second-order valence-corrected chi connectivity index (χ2v) is 7.08. The van der Waals surface area contributed by atoms with Crippen LogP contribution in [0.4, 0.5) is 5.69 Å². The number of carbonyl (C=O) groups is 1. The first-order valence-electron chi connectivity index (χ1n) is 7.45. The summed E-state index contributed by atoms with van der Waals surface area (Å²) in [5, 5.41) is 13.4.